The molecule has 16 nitrogen and oxygen atoms in total. The van der Waals surface area contributed by atoms with Gasteiger partial charge in [0.25, 0.3) is 5.91 Å². The second-order valence-electron chi connectivity index (χ2n) is 19.2. The van der Waals surface area contributed by atoms with E-state index in [1.165, 1.54) is 28.9 Å². The van der Waals surface area contributed by atoms with Crippen molar-refractivity contribution >= 4 is 40.5 Å². The summed E-state index contributed by atoms with van der Waals surface area (Å²) in [6, 6.07) is 9.87. The smallest absolute Gasteiger partial charge is 0.324 e. The van der Waals surface area contributed by atoms with Crippen molar-refractivity contribution in [2.45, 2.75) is 111 Å². The number of nitrogens with one attached hydrogen (secondary N) is 2. The van der Waals surface area contributed by atoms with Gasteiger partial charge < -0.3 is 40.0 Å². The van der Waals surface area contributed by atoms with Gasteiger partial charge in [0, 0.05) is 81.0 Å². The van der Waals surface area contributed by atoms with Gasteiger partial charge in [-0.05, 0) is 97.2 Å². The number of phenolic OH excluding ortho intramolecular Hbond substituents is 1. The van der Waals surface area contributed by atoms with Gasteiger partial charge in [0.1, 0.15) is 23.9 Å². The molecule has 0 unspecified atom stereocenters. The van der Waals surface area contributed by atoms with Gasteiger partial charge in [0.2, 0.25) is 17.7 Å². The Bertz CT molecular complexity index is 2450. The molecular formula is C50H68N8O8. The van der Waals surface area contributed by atoms with Crippen LogP contribution in [0.3, 0.4) is 0 Å². The minimum Gasteiger partial charge on any atom is -0.508 e. The lowest BCUT2D eigenvalue weighted by Crippen LogP contribution is -2.62. The minimum atomic E-state index is -1.19. The van der Waals surface area contributed by atoms with E-state index in [0.717, 1.165) is 38.9 Å². The number of carbonyl (C=O) groups excluding carboxylic acids is 5. The van der Waals surface area contributed by atoms with Gasteiger partial charge in [0.05, 0.1) is 31.4 Å². The number of rotatable bonds is 12. The molecule has 0 aliphatic carbocycles. The lowest BCUT2D eigenvalue weighted by molar-refractivity contribution is -0.155. The van der Waals surface area contributed by atoms with Crippen molar-refractivity contribution in [3.05, 3.63) is 71.5 Å². The van der Waals surface area contributed by atoms with Crippen LogP contribution in [-0.4, -0.2) is 124 Å². The molecule has 6 bridgehead atoms. The van der Waals surface area contributed by atoms with E-state index in [1.807, 2.05) is 24.4 Å². The van der Waals surface area contributed by atoms with Crippen molar-refractivity contribution in [3.63, 3.8) is 0 Å². The van der Waals surface area contributed by atoms with E-state index < -0.39 is 65.1 Å². The van der Waals surface area contributed by atoms with E-state index in [4.69, 9.17) is 15.2 Å². The number of methoxy groups -OCH3 is 1. The number of aromatic hydroxyl groups is 1. The number of carbonyl (C=O) groups is 5. The first-order valence-corrected chi connectivity index (χ1v) is 23.0. The maximum Gasteiger partial charge on any atom is 0.324 e. The van der Waals surface area contributed by atoms with Crippen LogP contribution in [-0.2, 0) is 59.4 Å². The highest BCUT2D eigenvalue weighted by Gasteiger charge is 2.38. The van der Waals surface area contributed by atoms with Crippen LogP contribution >= 0.6 is 0 Å². The second kappa shape index (κ2) is 20.8. The molecule has 66 heavy (non-hydrogen) atoms. The number of nitrogens with two attached hydrogens (primary N) is 1. The zero-order valence-electron chi connectivity index (χ0n) is 40.1. The Morgan fingerprint density at radius 1 is 1.08 bits per heavy atom. The van der Waals surface area contributed by atoms with Crippen LogP contribution in [0.5, 0.6) is 5.75 Å². The van der Waals surface area contributed by atoms with Gasteiger partial charge in [-0.2, -0.15) is 0 Å². The molecule has 6 rings (SSSR count). The van der Waals surface area contributed by atoms with Crippen LogP contribution in [0.2, 0.25) is 0 Å². The van der Waals surface area contributed by atoms with Crippen molar-refractivity contribution in [2.75, 3.05) is 40.9 Å². The Morgan fingerprint density at radius 2 is 1.82 bits per heavy atom. The topological polar surface area (TPSA) is 202 Å². The number of pyridine rings is 1. The second-order valence-corrected chi connectivity index (χ2v) is 19.2. The van der Waals surface area contributed by atoms with E-state index >= 15 is 0 Å². The van der Waals surface area contributed by atoms with Crippen molar-refractivity contribution in [1.29, 1.82) is 0 Å². The summed E-state index contributed by atoms with van der Waals surface area (Å²) in [7, 11) is 4.70. The number of amides is 4. The average Bonchev–Trinajstić information content (AvgIpc) is 3.57. The normalized spacial score (nSPS) is 19.1. The Balaban J connectivity index is 1.43. The third-order valence-corrected chi connectivity index (χ3v) is 13.0. The van der Waals surface area contributed by atoms with Crippen molar-refractivity contribution in [2.24, 2.45) is 23.0 Å². The SMILES string of the molecule is CCn1c(-c2cnccc2COC)c2c3cc(ccc31)-c1cc(O)cc(c1)C[C@H](NC(=O)[C@H](C(C)C)N(C)C(=O)CN(C)C(=O)[C@@H](C)[C@@H](C)N)C(=O)N1CCC[C@H](N1)C(=O)OCC(C)(C)C2. The Labute approximate surface area is 388 Å². The fourth-order valence-corrected chi connectivity index (χ4v) is 9.23. The molecule has 0 radical (unpaired) electrons. The first kappa shape index (κ1) is 49.6. The van der Waals surface area contributed by atoms with Crippen LogP contribution in [0.1, 0.15) is 78.0 Å². The number of cyclic esters (lactones) is 1. The number of fused-ring (bicyclic) bond motifs is 6. The highest BCUT2D eigenvalue weighted by molar-refractivity contribution is 5.96. The number of aromatic nitrogens is 2. The Morgan fingerprint density at radius 3 is 2.50 bits per heavy atom. The molecule has 4 amide bonds. The van der Waals surface area contributed by atoms with E-state index in [0.29, 0.717) is 43.5 Å². The molecule has 0 spiro atoms. The maximum absolute atomic E-state index is 14.7. The molecule has 1 fully saturated rings. The molecule has 2 aliphatic heterocycles. The molecule has 2 aromatic carbocycles. The number of hydrogen-bond acceptors (Lipinski definition) is 11. The predicted molar refractivity (Wildman–Crippen MR) is 252 cm³/mol. The fourth-order valence-electron chi connectivity index (χ4n) is 9.23. The van der Waals surface area contributed by atoms with Crippen molar-refractivity contribution in [3.8, 4) is 28.1 Å². The summed E-state index contributed by atoms with van der Waals surface area (Å²) in [5, 5.41) is 16.6. The highest BCUT2D eigenvalue weighted by atomic mass is 16.5. The van der Waals surface area contributed by atoms with Crippen LogP contribution in [0, 0.1) is 17.3 Å². The van der Waals surface area contributed by atoms with Gasteiger partial charge in [-0.25, -0.2) is 5.43 Å². The number of hydrazine groups is 1. The molecule has 2 aliphatic rings. The summed E-state index contributed by atoms with van der Waals surface area (Å²) in [4.78, 5) is 76.8. The number of nitrogens with zero attached hydrogens (tertiary/aromatic N) is 5. The third kappa shape index (κ3) is 10.9. The Kier molecular flexibility index (Phi) is 15.6. The number of aryl methyl sites for hydroxylation is 1. The number of benzene rings is 2. The van der Waals surface area contributed by atoms with Crippen molar-refractivity contribution in [1.82, 2.24) is 35.1 Å². The zero-order chi connectivity index (χ0) is 48.2. The monoisotopic (exact) mass is 909 g/mol. The lowest BCUT2D eigenvalue weighted by Gasteiger charge is -2.37. The van der Waals surface area contributed by atoms with Crippen LogP contribution in [0.25, 0.3) is 33.3 Å². The number of hydrogen-bond donors (Lipinski definition) is 4. The number of phenols is 1. The zero-order valence-corrected chi connectivity index (χ0v) is 40.1. The molecule has 4 aromatic rings. The summed E-state index contributed by atoms with van der Waals surface area (Å²) < 4.78 is 14.0. The van der Waals surface area contributed by atoms with Crippen molar-refractivity contribution < 1.29 is 38.6 Å². The number of esters is 1. The molecule has 4 heterocycles. The molecule has 1 saturated heterocycles. The van der Waals surface area contributed by atoms with E-state index in [1.54, 1.807) is 53.1 Å². The van der Waals surface area contributed by atoms with E-state index in [9.17, 15) is 29.1 Å². The summed E-state index contributed by atoms with van der Waals surface area (Å²) >= 11 is 0. The van der Waals surface area contributed by atoms with Gasteiger partial charge in [-0.15, -0.1) is 0 Å². The number of likely N-dealkylation sites (N-methyl/N-ethyl adjacent to an activating group) is 2. The largest absolute Gasteiger partial charge is 0.508 e. The summed E-state index contributed by atoms with van der Waals surface area (Å²) in [5.41, 5.74) is 15.6. The fraction of sp³-hybridized carbons (Fsp3) is 0.520. The van der Waals surface area contributed by atoms with Gasteiger partial charge in [0.15, 0.2) is 0 Å². The van der Waals surface area contributed by atoms with Crippen LogP contribution in [0.4, 0.5) is 0 Å². The van der Waals surface area contributed by atoms with E-state index in [2.05, 4.69) is 53.2 Å². The quantitative estimate of drug-likeness (QED) is 0.142. The van der Waals surface area contributed by atoms with Crippen LogP contribution in [0.15, 0.2) is 54.9 Å². The molecular weight excluding hydrogens is 841 g/mol. The lowest BCUT2D eigenvalue weighted by atomic mass is 9.84. The standard InChI is InChI=1S/C50H68N8O8/c1-11-57-42-15-14-33-23-37(42)38(45(57)39-25-52-17-16-34(39)27-65-10)24-50(6,7)28-66-49(64)40-13-12-18-58(54-40)48(63)41(21-32-19-35(33)22-36(59)20-32)53-46(61)44(29(2)3)56(9)43(60)26-55(8)47(62)30(4)31(5)51/h14-17,19-20,22-23,25,29-31,40-41,44,54,59H,11-13,18,21,24,26-28,51H2,1-10H3,(H,53,61)/t30-,31+,40-,41-,44-/m0/s1. The third-order valence-electron chi connectivity index (χ3n) is 13.0. The maximum atomic E-state index is 14.7. The molecule has 2 aromatic heterocycles. The molecule has 16 heteroatoms. The summed E-state index contributed by atoms with van der Waals surface area (Å²) in [6.07, 6.45) is 5.06. The summed E-state index contributed by atoms with van der Waals surface area (Å²) in [6.45, 7) is 14.4. The minimum absolute atomic E-state index is 0.0245. The highest BCUT2D eigenvalue weighted by Crippen LogP contribution is 2.41. The molecule has 5 N–H and O–H groups in total. The summed E-state index contributed by atoms with van der Waals surface area (Å²) in [5.74, 6) is -3.27. The predicted octanol–water partition coefficient (Wildman–Crippen LogP) is 4.82. The first-order valence-electron chi connectivity index (χ1n) is 23.0. The number of ether oxygens (including phenoxy) is 2. The van der Waals surface area contributed by atoms with E-state index in [-0.39, 0.29) is 37.8 Å². The average molecular weight is 909 g/mol. The Hall–Kier alpha value is -5.84. The van der Waals surface area contributed by atoms with Gasteiger partial charge >= 0.3 is 5.97 Å². The van der Waals surface area contributed by atoms with Gasteiger partial charge in [-0.1, -0.05) is 46.8 Å². The van der Waals surface area contributed by atoms with Gasteiger partial charge in [-0.3, -0.25) is 34.0 Å². The first-order chi connectivity index (χ1) is 31.2. The molecule has 0 saturated carbocycles. The van der Waals surface area contributed by atoms with Crippen LogP contribution < -0.4 is 16.5 Å². The molecule has 5 atom stereocenters. The molecule has 356 valence electrons.